The van der Waals surface area contributed by atoms with Crippen molar-refractivity contribution in [1.82, 2.24) is 0 Å². The van der Waals surface area contributed by atoms with Gasteiger partial charge in [-0.15, -0.1) is 23.2 Å². The Hall–Kier alpha value is 0.350. The zero-order valence-electron chi connectivity index (χ0n) is 7.78. The van der Waals surface area contributed by atoms with Crippen LogP contribution in [0.3, 0.4) is 0 Å². The molecule has 1 aliphatic carbocycles. The predicted molar refractivity (Wildman–Crippen MR) is 60.8 cm³/mol. The van der Waals surface area contributed by atoms with Crippen molar-refractivity contribution in [2.75, 3.05) is 0 Å². The van der Waals surface area contributed by atoms with Gasteiger partial charge < -0.3 is 0 Å². The second kappa shape index (κ2) is 4.25. The van der Waals surface area contributed by atoms with Crippen molar-refractivity contribution >= 4 is 34.8 Å². The van der Waals surface area contributed by atoms with E-state index in [0.717, 1.165) is 12.8 Å². The van der Waals surface area contributed by atoms with Gasteiger partial charge in [-0.3, -0.25) is 0 Å². The van der Waals surface area contributed by atoms with Gasteiger partial charge in [0.2, 0.25) is 0 Å². The molecule has 1 rings (SSSR count). The second-order valence-corrected chi connectivity index (χ2v) is 5.37. The fourth-order valence-corrected chi connectivity index (χ4v) is 2.28. The molecule has 0 radical (unpaired) electrons. The smallest absolute Gasteiger partial charge is 0.0622 e. The van der Waals surface area contributed by atoms with E-state index in [1.165, 1.54) is 16.7 Å². The third-order valence-electron chi connectivity index (χ3n) is 2.48. The standard InChI is InChI=1S/C10H13Cl3/c1-7-6-10(2,13)9(12)5-8(7)3-4-11/h3-4,9H,5-6H2,1-2H3. The van der Waals surface area contributed by atoms with Crippen LogP contribution in [0, 0.1) is 0 Å². The minimum atomic E-state index is -0.310. The quantitative estimate of drug-likeness (QED) is 0.593. The lowest BCUT2D eigenvalue weighted by Crippen LogP contribution is -2.33. The van der Waals surface area contributed by atoms with Crippen LogP contribution in [-0.2, 0) is 0 Å². The number of rotatable bonds is 1. The Morgan fingerprint density at radius 1 is 1.54 bits per heavy atom. The summed E-state index contributed by atoms with van der Waals surface area (Å²) in [6.07, 6.45) is 3.54. The summed E-state index contributed by atoms with van der Waals surface area (Å²) in [6.45, 7) is 4.06. The lowest BCUT2D eigenvalue weighted by molar-refractivity contribution is 0.547. The highest BCUT2D eigenvalue weighted by atomic mass is 35.5. The highest BCUT2D eigenvalue weighted by Crippen LogP contribution is 2.40. The number of allylic oxidation sites excluding steroid dienone is 3. The van der Waals surface area contributed by atoms with Crippen LogP contribution in [-0.4, -0.2) is 10.3 Å². The number of hydrogen-bond donors (Lipinski definition) is 0. The van der Waals surface area contributed by atoms with E-state index < -0.39 is 0 Å². The molecule has 0 N–H and O–H groups in total. The topological polar surface area (TPSA) is 0 Å². The Balaban J connectivity index is 2.90. The van der Waals surface area contributed by atoms with E-state index in [-0.39, 0.29) is 10.3 Å². The van der Waals surface area contributed by atoms with Crippen LogP contribution in [0.15, 0.2) is 22.8 Å². The minimum absolute atomic E-state index is 0.0132. The van der Waals surface area contributed by atoms with Gasteiger partial charge in [0.05, 0.1) is 10.3 Å². The van der Waals surface area contributed by atoms with Crippen LogP contribution in [0.1, 0.15) is 26.7 Å². The molecule has 0 heterocycles. The van der Waals surface area contributed by atoms with Gasteiger partial charge in [-0.1, -0.05) is 17.2 Å². The van der Waals surface area contributed by atoms with E-state index in [2.05, 4.69) is 6.92 Å². The summed E-state index contributed by atoms with van der Waals surface area (Å²) in [6, 6.07) is 0. The van der Waals surface area contributed by atoms with Gasteiger partial charge in [0.1, 0.15) is 0 Å². The molecule has 0 aromatic heterocycles. The van der Waals surface area contributed by atoms with Crippen LogP contribution in [0.5, 0.6) is 0 Å². The monoisotopic (exact) mass is 238 g/mol. The second-order valence-electron chi connectivity index (χ2n) is 3.72. The molecular weight excluding hydrogens is 226 g/mol. The van der Waals surface area contributed by atoms with Gasteiger partial charge in [-0.05, 0) is 38.3 Å². The third-order valence-corrected chi connectivity index (χ3v) is 3.75. The molecular formula is C10H13Cl3. The average Bonchev–Trinajstić information content (AvgIpc) is 2.00. The molecule has 0 nitrogen and oxygen atoms in total. The van der Waals surface area contributed by atoms with E-state index in [4.69, 9.17) is 34.8 Å². The van der Waals surface area contributed by atoms with Crippen LogP contribution in [0.2, 0.25) is 0 Å². The van der Waals surface area contributed by atoms with E-state index in [9.17, 15) is 0 Å². The van der Waals surface area contributed by atoms with Crippen molar-refractivity contribution in [1.29, 1.82) is 0 Å². The van der Waals surface area contributed by atoms with Crippen LogP contribution < -0.4 is 0 Å². The minimum Gasteiger partial charge on any atom is -0.121 e. The Morgan fingerprint density at radius 3 is 2.69 bits per heavy atom. The molecule has 0 aliphatic heterocycles. The van der Waals surface area contributed by atoms with Crippen LogP contribution >= 0.6 is 34.8 Å². The lowest BCUT2D eigenvalue weighted by atomic mass is 9.84. The first-order valence-electron chi connectivity index (χ1n) is 4.26. The summed E-state index contributed by atoms with van der Waals surface area (Å²) < 4.78 is 0. The molecule has 3 heteroatoms. The average molecular weight is 240 g/mol. The molecule has 0 amide bonds. The normalized spacial score (nSPS) is 35.9. The molecule has 13 heavy (non-hydrogen) atoms. The van der Waals surface area contributed by atoms with Crippen molar-refractivity contribution in [3.8, 4) is 0 Å². The maximum atomic E-state index is 6.26. The zero-order valence-corrected chi connectivity index (χ0v) is 10.0. The van der Waals surface area contributed by atoms with Crippen molar-refractivity contribution in [2.45, 2.75) is 36.9 Å². The first-order chi connectivity index (χ1) is 5.97. The van der Waals surface area contributed by atoms with Crippen LogP contribution in [0.4, 0.5) is 0 Å². The maximum Gasteiger partial charge on any atom is 0.0622 e. The summed E-state index contributed by atoms with van der Waals surface area (Å²) in [5.74, 6) is 0. The molecule has 0 spiro atoms. The Kier molecular flexibility index (Phi) is 3.73. The predicted octanol–water partition coefficient (Wildman–Crippen LogP) is 4.45. The van der Waals surface area contributed by atoms with E-state index in [0.29, 0.717) is 0 Å². The Labute approximate surface area is 94.5 Å². The van der Waals surface area contributed by atoms with E-state index in [1.54, 1.807) is 0 Å². The zero-order chi connectivity index (χ0) is 10.1. The summed E-state index contributed by atoms with van der Waals surface area (Å²) in [5, 5.41) is -0.0132. The van der Waals surface area contributed by atoms with Gasteiger partial charge in [0.15, 0.2) is 0 Å². The maximum absolute atomic E-state index is 6.26. The summed E-state index contributed by atoms with van der Waals surface area (Å²) in [4.78, 5) is -0.310. The molecule has 1 aliphatic rings. The summed E-state index contributed by atoms with van der Waals surface area (Å²) in [7, 11) is 0. The molecule has 2 atom stereocenters. The lowest BCUT2D eigenvalue weighted by Gasteiger charge is -2.33. The van der Waals surface area contributed by atoms with Crippen molar-refractivity contribution < 1.29 is 0 Å². The molecule has 2 unspecified atom stereocenters. The first kappa shape index (κ1) is 11.4. The van der Waals surface area contributed by atoms with Crippen molar-refractivity contribution in [2.24, 2.45) is 0 Å². The van der Waals surface area contributed by atoms with Gasteiger partial charge in [0.25, 0.3) is 0 Å². The molecule has 0 bridgehead atoms. The van der Waals surface area contributed by atoms with Gasteiger partial charge >= 0.3 is 0 Å². The summed E-state index contributed by atoms with van der Waals surface area (Å²) in [5.41, 5.74) is 4.03. The largest absolute Gasteiger partial charge is 0.121 e. The van der Waals surface area contributed by atoms with E-state index in [1.807, 2.05) is 13.0 Å². The SMILES string of the molecule is CC1=C(C=CCl)CC(Cl)C(C)(Cl)C1. The molecule has 0 aromatic rings. The molecule has 74 valence electrons. The highest BCUT2D eigenvalue weighted by molar-refractivity contribution is 6.32. The van der Waals surface area contributed by atoms with Crippen LogP contribution in [0.25, 0.3) is 0 Å². The molecule has 0 fully saturated rings. The number of halogens is 3. The fraction of sp³-hybridized carbons (Fsp3) is 0.600. The number of hydrogen-bond acceptors (Lipinski definition) is 0. The van der Waals surface area contributed by atoms with Crippen molar-refractivity contribution in [3.63, 3.8) is 0 Å². The molecule has 0 aromatic carbocycles. The van der Waals surface area contributed by atoms with Gasteiger partial charge in [-0.2, -0.15) is 0 Å². The van der Waals surface area contributed by atoms with E-state index >= 15 is 0 Å². The molecule has 0 saturated heterocycles. The fourth-order valence-electron chi connectivity index (χ4n) is 1.61. The first-order valence-corrected chi connectivity index (χ1v) is 5.51. The summed E-state index contributed by atoms with van der Waals surface area (Å²) >= 11 is 17.9. The Bertz CT molecular complexity index is 251. The Morgan fingerprint density at radius 2 is 2.15 bits per heavy atom. The van der Waals surface area contributed by atoms with Gasteiger partial charge in [-0.25, -0.2) is 0 Å². The van der Waals surface area contributed by atoms with Gasteiger partial charge in [0, 0.05) is 5.54 Å². The highest BCUT2D eigenvalue weighted by Gasteiger charge is 2.35. The number of alkyl halides is 2. The molecule has 0 saturated carbocycles. The third kappa shape index (κ3) is 2.65. The van der Waals surface area contributed by atoms with Crippen molar-refractivity contribution in [3.05, 3.63) is 22.8 Å².